The lowest BCUT2D eigenvalue weighted by Gasteiger charge is -2.13. The molecule has 1 unspecified atom stereocenters. The summed E-state index contributed by atoms with van der Waals surface area (Å²) in [5, 5.41) is 5.65. The first kappa shape index (κ1) is 20.4. The van der Waals surface area contributed by atoms with Crippen LogP contribution in [0.15, 0.2) is 53.4 Å². The van der Waals surface area contributed by atoms with Crippen LogP contribution in [0, 0.1) is 5.82 Å². The molecule has 1 heterocycles. The zero-order valence-electron chi connectivity index (χ0n) is 15.4. The summed E-state index contributed by atoms with van der Waals surface area (Å²) in [4.78, 5) is 25.3. The van der Waals surface area contributed by atoms with Gasteiger partial charge in [0, 0.05) is 30.2 Å². The fourth-order valence-electron chi connectivity index (χ4n) is 2.93. The number of amides is 2. The molecule has 0 aromatic heterocycles. The summed E-state index contributed by atoms with van der Waals surface area (Å²) in [6, 6.07) is 13.4. The van der Waals surface area contributed by atoms with Crippen LogP contribution in [0.25, 0.3) is 0 Å². The molecule has 2 N–H and O–H groups in total. The van der Waals surface area contributed by atoms with Crippen molar-refractivity contribution in [1.82, 2.24) is 5.32 Å². The van der Waals surface area contributed by atoms with Crippen molar-refractivity contribution in [2.45, 2.75) is 30.3 Å². The van der Waals surface area contributed by atoms with Crippen LogP contribution in [-0.2, 0) is 9.53 Å². The van der Waals surface area contributed by atoms with Crippen LogP contribution >= 0.6 is 11.8 Å². The molecule has 7 heteroatoms. The summed E-state index contributed by atoms with van der Waals surface area (Å²) in [6.07, 6.45) is 2.22. The molecule has 2 aromatic carbocycles. The second kappa shape index (κ2) is 10.2. The molecule has 1 saturated heterocycles. The van der Waals surface area contributed by atoms with E-state index in [1.165, 1.54) is 17.8 Å². The molecule has 1 aliphatic rings. The minimum Gasteiger partial charge on any atom is -0.376 e. The first-order valence-electron chi connectivity index (χ1n) is 9.29. The number of carbonyl (C=O) groups is 2. The zero-order valence-corrected chi connectivity index (χ0v) is 16.3. The number of benzene rings is 2. The Hall–Kier alpha value is -2.38. The van der Waals surface area contributed by atoms with Gasteiger partial charge in [-0.25, -0.2) is 4.39 Å². The Balaban J connectivity index is 1.51. The van der Waals surface area contributed by atoms with E-state index in [-0.39, 0.29) is 30.2 Å². The van der Waals surface area contributed by atoms with Gasteiger partial charge in [-0.3, -0.25) is 9.59 Å². The summed E-state index contributed by atoms with van der Waals surface area (Å²) < 4.78 is 19.1. The van der Waals surface area contributed by atoms with Crippen LogP contribution in [0.2, 0.25) is 0 Å². The Morgan fingerprint density at radius 3 is 2.71 bits per heavy atom. The second-order valence-electron chi connectivity index (χ2n) is 6.47. The standard InChI is InChI=1S/C21H23FN2O3S/c22-17-8-2-4-10-19(17)28-13-11-20(25)24-18-9-3-1-7-16(18)21(26)23-14-15-6-5-12-27-15/h1-4,7-10,15H,5-6,11-14H2,(H,23,26)(H,24,25). The molecule has 1 fully saturated rings. The molecule has 0 saturated carbocycles. The third-order valence-corrected chi connectivity index (χ3v) is 5.43. The molecule has 1 atom stereocenters. The average Bonchev–Trinajstić information content (AvgIpc) is 3.22. The smallest absolute Gasteiger partial charge is 0.253 e. The third kappa shape index (κ3) is 5.81. The normalized spacial score (nSPS) is 16.0. The van der Waals surface area contributed by atoms with E-state index in [0.717, 1.165) is 19.4 Å². The maximum atomic E-state index is 13.6. The summed E-state index contributed by atoms with van der Waals surface area (Å²) >= 11 is 1.29. The van der Waals surface area contributed by atoms with E-state index in [1.54, 1.807) is 42.5 Å². The molecular formula is C21H23FN2O3S. The molecular weight excluding hydrogens is 379 g/mol. The van der Waals surface area contributed by atoms with E-state index in [2.05, 4.69) is 10.6 Å². The Morgan fingerprint density at radius 1 is 1.14 bits per heavy atom. The number of thioether (sulfide) groups is 1. The van der Waals surface area contributed by atoms with Crippen LogP contribution in [-0.4, -0.2) is 36.8 Å². The summed E-state index contributed by atoms with van der Waals surface area (Å²) in [6.45, 7) is 1.19. The number of hydrogen-bond donors (Lipinski definition) is 2. The number of halogens is 1. The fraction of sp³-hybridized carbons (Fsp3) is 0.333. The highest BCUT2D eigenvalue weighted by molar-refractivity contribution is 7.99. The molecule has 2 aromatic rings. The van der Waals surface area contributed by atoms with Crippen molar-refractivity contribution in [3.8, 4) is 0 Å². The second-order valence-corrected chi connectivity index (χ2v) is 7.60. The van der Waals surface area contributed by atoms with E-state index >= 15 is 0 Å². The van der Waals surface area contributed by atoms with E-state index in [9.17, 15) is 14.0 Å². The van der Waals surface area contributed by atoms with Gasteiger partial charge in [0.15, 0.2) is 0 Å². The summed E-state index contributed by atoms with van der Waals surface area (Å²) in [5.41, 5.74) is 0.879. The quantitative estimate of drug-likeness (QED) is 0.658. The Bertz CT molecular complexity index is 825. The van der Waals surface area contributed by atoms with Crippen molar-refractivity contribution in [3.63, 3.8) is 0 Å². The van der Waals surface area contributed by atoms with Gasteiger partial charge in [-0.1, -0.05) is 24.3 Å². The van der Waals surface area contributed by atoms with Gasteiger partial charge in [-0.05, 0) is 37.1 Å². The van der Waals surface area contributed by atoms with Crippen molar-refractivity contribution >= 4 is 29.3 Å². The van der Waals surface area contributed by atoms with Crippen LogP contribution in [0.3, 0.4) is 0 Å². The van der Waals surface area contributed by atoms with Gasteiger partial charge in [0.05, 0.1) is 17.4 Å². The van der Waals surface area contributed by atoms with Gasteiger partial charge in [-0.15, -0.1) is 11.8 Å². The first-order valence-corrected chi connectivity index (χ1v) is 10.3. The van der Waals surface area contributed by atoms with Crippen molar-refractivity contribution in [2.24, 2.45) is 0 Å². The number of para-hydroxylation sites is 1. The van der Waals surface area contributed by atoms with Crippen LogP contribution in [0.4, 0.5) is 10.1 Å². The number of nitrogens with one attached hydrogen (secondary N) is 2. The minimum absolute atomic E-state index is 0.0566. The highest BCUT2D eigenvalue weighted by Gasteiger charge is 2.18. The van der Waals surface area contributed by atoms with E-state index < -0.39 is 0 Å². The van der Waals surface area contributed by atoms with Gasteiger partial charge < -0.3 is 15.4 Å². The average molecular weight is 402 g/mol. The number of ether oxygens (including phenoxy) is 1. The SMILES string of the molecule is O=C(CCSc1ccccc1F)Nc1ccccc1C(=O)NCC1CCCO1. The molecule has 2 amide bonds. The number of anilines is 1. The third-order valence-electron chi connectivity index (χ3n) is 4.38. The number of carbonyl (C=O) groups excluding carboxylic acids is 2. The molecule has 0 spiro atoms. The summed E-state index contributed by atoms with van der Waals surface area (Å²) in [7, 11) is 0. The topological polar surface area (TPSA) is 67.4 Å². The molecule has 0 aliphatic carbocycles. The van der Waals surface area contributed by atoms with Crippen LogP contribution in [0.1, 0.15) is 29.6 Å². The van der Waals surface area contributed by atoms with Crippen molar-refractivity contribution in [1.29, 1.82) is 0 Å². The van der Waals surface area contributed by atoms with Gasteiger partial charge in [0.1, 0.15) is 5.82 Å². The molecule has 5 nitrogen and oxygen atoms in total. The molecule has 148 valence electrons. The monoisotopic (exact) mass is 402 g/mol. The predicted molar refractivity (Wildman–Crippen MR) is 108 cm³/mol. The predicted octanol–water partition coefficient (Wildman–Crippen LogP) is 3.86. The maximum Gasteiger partial charge on any atom is 0.253 e. The van der Waals surface area contributed by atoms with Gasteiger partial charge >= 0.3 is 0 Å². The summed E-state index contributed by atoms with van der Waals surface area (Å²) in [5.74, 6) is -0.309. The van der Waals surface area contributed by atoms with E-state index in [1.807, 2.05) is 0 Å². The molecule has 0 radical (unpaired) electrons. The zero-order chi connectivity index (χ0) is 19.8. The van der Waals surface area contributed by atoms with Crippen LogP contribution < -0.4 is 10.6 Å². The van der Waals surface area contributed by atoms with E-state index in [4.69, 9.17) is 4.74 Å². The minimum atomic E-state index is -0.291. The maximum absolute atomic E-state index is 13.6. The van der Waals surface area contributed by atoms with Crippen molar-refractivity contribution in [3.05, 3.63) is 59.9 Å². The molecule has 1 aliphatic heterocycles. The van der Waals surface area contributed by atoms with Gasteiger partial charge in [-0.2, -0.15) is 0 Å². The van der Waals surface area contributed by atoms with E-state index in [0.29, 0.717) is 28.4 Å². The lowest BCUT2D eigenvalue weighted by Crippen LogP contribution is -2.32. The van der Waals surface area contributed by atoms with Crippen molar-refractivity contribution < 1.29 is 18.7 Å². The highest BCUT2D eigenvalue weighted by atomic mass is 32.2. The van der Waals surface area contributed by atoms with Gasteiger partial charge in [0.2, 0.25) is 5.91 Å². The first-order chi connectivity index (χ1) is 13.6. The Kier molecular flexibility index (Phi) is 7.45. The Labute approximate surface area is 168 Å². The number of hydrogen-bond acceptors (Lipinski definition) is 4. The lowest BCUT2D eigenvalue weighted by atomic mass is 10.1. The van der Waals surface area contributed by atoms with Crippen molar-refractivity contribution in [2.75, 3.05) is 24.2 Å². The lowest BCUT2D eigenvalue weighted by molar-refractivity contribution is -0.115. The molecule has 0 bridgehead atoms. The fourth-order valence-corrected chi connectivity index (χ4v) is 3.81. The Morgan fingerprint density at radius 2 is 1.93 bits per heavy atom. The largest absolute Gasteiger partial charge is 0.376 e. The van der Waals surface area contributed by atoms with Gasteiger partial charge in [0.25, 0.3) is 5.91 Å². The number of rotatable bonds is 8. The molecule has 28 heavy (non-hydrogen) atoms. The highest BCUT2D eigenvalue weighted by Crippen LogP contribution is 2.22. The van der Waals surface area contributed by atoms with Crippen LogP contribution in [0.5, 0.6) is 0 Å². The molecule has 3 rings (SSSR count).